The number of aliphatic hydroxyl groups is 1. The molecule has 0 radical (unpaired) electrons. The molecule has 1 N–H and O–H groups in total. The smallest absolute Gasteiger partial charge is 0.0864 e. The molecule has 0 aromatic rings. The highest BCUT2D eigenvalue weighted by atomic mass is 16.3. The highest BCUT2D eigenvalue weighted by Crippen LogP contribution is 2.15. The van der Waals surface area contributed by atoms with Crippen LogP contribution in [0.15, 0.2) is 0 Å². The average Bonchev–Trinajstić information content (AvgIpc) is 2.21. The van der Waals surface area contributed by atoms with Crippen molar-refractivity contribution >= 4 is 0 Å². The van der Waals surface area contributed by atoms with Crippen molar-refractivity contribution in [3.05, 3.63) is 0 Å². The molecule has 1 saturated heterocycles. The minimum Gasteiger partial charge on any atom is -0.390 e. The third kappa shape index (κ3) is 4.93. The van der Waals surface area contributed by atoms with Crippen LogP contribution in [0.4, 0.5) is 0 Å². The van der Waals surface area contributed by atoms with Crippen molar-refractivity contribution in [2.75, 3.05) is 39.8 Å². The molecule has 1 fully saturated rings. The van der Waals surface area contributed by atoms with Gasteiger partial charge >= 0.3 is 0 Å². The van der Waals surface area contributed by atoms with Crippen LogP contribution in [0.25, 0.3) is 0 Å². The number of hydrogen-bond donors (Lipinski definition) is 1. The van der Waals surface area contributed by atoms with Crippen LogP contribution in [0, 0.1) is 17.2 Å². The predicted molar refractivity (Wildman–Crippen MR) is 64.0 cm³/mol. The Morgan fingerprint density at radius 1 is 1.50 bits per heavy atom. The molecule has 1 rings (SSSR count). The summed E-state index contributed by atoms with van der Waals surface area (Å²) in [5.74, 6) is 0.828. The second-order valence-electron chi connectivity index (χ2n) is 4.99. The molecular weight excluding hydrogens is 202 g/mol. The summed E-state index contributed by atoms with van der Waals surface area (Å²) in [4.78, 5) is 4.18. The van der Waals surface area contributed by atoms with Gasteiger partial charge in [-0.1, -0.05) is 6.92 Å². The molecule has 0 aliphatic carbocycles. The van der Waals surface area contributed by atoms with Gasteiger partial charge in [0.25, 0.3) is 0 Å². The fraction of sp³-hybridized carbons (Fsp3) is 0.917. The molecule has 4 nitrogen and oxygen atoms in total. The first-order chi connectivity index (χ1) is 7.61. The number of hydrogen-bond acceptors (Lipinski definition) is 4. The Hall–Kier alpha value is -0.630. The Labute approximate surface area is 98.5 Å². The van der Waals surface area contributed by atoms with Crippen LogP contribution in [0.2, 0.25) is 0 Å². The molecule has 0 bridgehead atoms. The molecular formula is C12H23N3O. The van der Waals surface area contributed by atoms with E-state index in [0.717, 1.165) is 25.6 Å². The highest BCUT2D eigenvalue weighted by Gasteiger charge is 2.18. The Balaban J connectivity index is 2.19. The predicted octanol–water partition coefficient (Wildman–Crippen LogP) is 0.535. The summed E-state index contributed by atoms with van der Waals surface area (Å²) in [6.07, 6.45) is 2.13. The molecule has 1 aliphatic rings. The van der Waals surface area contributed by atoms with Gasteiger partial charge in [0.2, 0.25) is 0 Å². The molecule has 1 unspecified atom stereocenters. The number of aliphatic hydroxyl groups excluding tert-OH is 1. The SMILES string of the molecule is CC1CCN(CC(O)CN(C)CC#N)CC1. The Bertz CT molecular complexity index is 231. The molecule has 4 heteroatoms. The second kappa shape index (κ2) is 6.85. The van der Waals surface area contributed by atoms with Crippen molar-refractivity contribution in [2.45, 2.75) is 25.9 Å². The topological polar surface area (TPSA) is 50.5 Å². The van der Waals surface area contributed by atoms with Crippen LogP contribution in [-0.2, 0) is 0 Å². The lowest BCUT2D eigenvalue weighted by Gasteiger charge is -2.32. The summed E-state index contributed by atoms with van der Waals surface area (Å²) in [5, 5.41) is 18.4. The van der Waals surface area contributed by atoms with E-state index in [2.05, 4.69) is 17.9 Å². The van der Waals surface area contributed by atoms with Crippen LogP contribution >= 0.6 is 0 Å². The summed E-state index contributed by atoms with van der Waals surface area (Å²) in [6, 6.07) is 2.08. The Kier molecular flexibility index (Phi) is 5.75. The molecule has 1 heterocycles. The van der Waals surface area contributed by atoms with E-state index in [9.17, 15) is 5.11 Å². The van der Waals surface area contributed by atoms with Crippen molar-refractivity contribution in [1.29, 1.82) is 5.26 Å². The number of rotatable bonds is 5. The third-order valence-corrected chi connectivity index (χ3v) is 3.21. The minimum absolute atomic E-state index is 0.341. The summed E-state index contributed by atoms with van der Waals surface area (Å²) in [7, 11) is 1.87. The van der Waals surface area contributed by atoms with E-state index in [1.807, 2.05) is 11.9 Å². The van der Waals surface area contributed by atoms with Crippen LogP contribution in [0.1, 0.15) is 19.8 Å². The summed E-state index contributed by atoms with van der Waals surface area (Å²) in [5.41, 5.74) is 0. The van der Waals surface area contributed by atoms with Crippen molar-refractivity contribution in [3.8, 4) is 6.07 Å². The Morgan fingerprint density at radius 2 is 2.12 bits per heavy atom. The first-order valence-electron chi connectivity index (χ1n) is 6.07. The molecule has 1 aliphatic heterocycles. The Morgan fingerprint density at radius 3 is 2.69 bits per heavy atom. The zero-order valence-electron chi connectivity index (χ0n) is 10.4. The second-order valence-corrected chi connectivity index (χ2v) is 4.99. The van der Waals surface area contributed by atoms with Gasteiger partial charge in [0, 0.05) is 13.1 Å². The van der Waals surface area contributed by atoms with E-state index in [1.165, 1.54) is 12.8 Å². The molecule has 0 amide bonds. The minimum atomic E-state index is -0.341. The van der Waals surface area contributed by atoms with Crippen LogP contribution < -0.4 is 0 Å². The molecule has 0 aromatic heterocycles. The van der Waals surface area contributed by atoms with E-state index in [1.54, 1.807) is 0 Å². The molecule has 0 saturated carbocycles. The summed E-state index contributed by atoms with van der Waals surface area (Å²) >= 11 is 0. The number of piperidine rings is 1. The number of likely N-dealkylation sites (tertiary alicyclic amines) is 1. The van der Waals surface area contributed by atoms with E-state index >= 15 is 0 Å². The molecule has 92 valence electrons. The van der Waals surface area contributed by atoms with Gasteiger partial charge in [0.1, 0.15) is 0 Å². The fourth-order valence-corrected chi connectivity index (χ4v) is 2.15. The van der Waals surface area contributed by atoms with Crippen molar-refractivity contribution < 1.29 is 5.11 Å². The molecule has 0 spiro atoms. The number of β-amino-alcohol motifs (C(OH)–C–C–N with tert-alkyl or cyclic N) is 1. The van der Waals surface area contributed by atoms with Gasteiger partial charge in [-0.25, -0.2) is 0 Å². The van der Waals surface area contributed by atoms with Gasteiger partial charge in [-0.3, -0.25) is 4.90 Å². The van der Waals surface area contributed by atoms with Gasteiger partial charge < -0.3 is 10.0 Å². The lowest BCUT2D eigenvalue weighted by Crippen LogP contribution is -2.42. The largest absolute Gasteiger partial charge is 0.390 e. The summed E-state index contributed by atoms with van der Waals surface area (Å²) in [6.45, 7) is 6.19. The number of nitrogens with zero attached hydrogens (tertiary/aromatic N) is 3. The van der Waals surface area contributed by atoms with E-state index in [0.29, 0.717) is 13.1 Å². The maximum atomic E-state index is 9.87. The van der Waals surface area contributed by atoms with Crippen LogP contribution in [0.5, 0.6) is 0 Å². The number of likely N-dealkylation sites (N-methyl/N-ethyl adjacent to an activating group) is 1. The van der Waals surface area contributed by atoms with Crippen molar-refractivity contribution in [2.24, 2.45) is 5.92 Å². The van der Waals surface area contributed by atoms with Crippen molar-refractivity contribution in [3.63, 3.8) is 0 Å². The maximum Gasteiger partial charge on any atom is 0.0864 e. The van der Waals surface area contributed by atoms with Crippen LogP contribution in [-0.4, -0.2) is 60.8 Å². The zero-order valence-corrected chi connectivity index (χ0v) is 10.4. The molecule has 16 heavy (non-hydrogen) atoms. The lowest BCUT2D eigenvalue weighted by molar-refractivity contribution is 0.0706. The molecule has 0 aromatic carbocycles. The zero-order chi connectivity index (χ0) is 12.0. The lowest BCUT2D eigenvalue weighted by atomic mass is 9.99. The number of nitriles is 1. The standard InChI is InChI=1S/C12H23N3O/c1-11-3-6-15(7-4-11)10-12(16)9-14(2)8-5-13/h11-12,16H,3-4,6-10H2,1-2H3. The van der Waals surface area contributed by atoms with Gasteiger partial charge in [-0.05, 0) is 38.9 Å². The van der Waals surface area contributed by atoms with Crippen molar-refractivity contribution in [1.82, 2.24) is 9.80 Å². The third-order valence-electron chi connectivity index (χ3n) is 3.21. The van der Waals surface area contributed by atoms with Gasteiger partial charge in [-0.15, -0.1) is 0 Å². The average molecular weight is 225 g/mol. The van der Waals surface area contributed by atoms with E-state index in [-0.39, 0.29) is 6.10 Å². The molecule has 1 atom stereocenters. The highest BCUT2D eigenvalue weighted by molar-refractivity contribution is 4.78. The quantitative estimate of drug-likeness (QED) is 0.694. The monoisotopic (exact) mass is 225 g/mol. The van der Waals surface area contributed by atoms with E-state index < -0.39 is 0 Å². The van der Waals surface area contributed by atoms with E-state index in [4.69, 9.17) is 5.26 Å². The first-order valence-corrected chi connectivity index (χ1v) is 6.07. The fourth-order valence-electron chi connectivity index (χ4n) is 2.15. The van der Waals surface area contributed by atoms with Gasteiger partial charge in [-0.2, -0.15) is 5.26 Å². The van der Waals surface area contributed by atoms with Gasteiger partial charge in [0.15, 0.2) is 0 Å². The first kappa shape index (κ1) is 13.4. The maximum absolute atomic E-state index is 9.87. The van der Waals surface area contributed by atoms with Crippen LogP contribution in [0.3, 0.4) is 0 Å². The van der Waals surface area contributed by atoms with Gasteiger partial charge in [0.05, 0.1) is 18.7 Å². The summed E-state index contributed by atoms with van der Waals surface area (Å²) < 4.78 is 0. The normalized spacial score (nSPS) is 20.9.